The fourth-order valence-corrected chi connectivity index (χ4v) is 0.575. The summed E-state index contributed by atoms with van der Waals surface area (Å²) in [6.07, 6.45) is 0. The molecule has 1 fully saturated rings. The van der Waals surface area contributed by atoms with Gasteiger partial charge in [0.25, 0.3) is 0 Å². The molecule has 1 aliphatic rings. The van der Waals surface area contributed by atoms with Gasteiger partial charge in [-0.05, 0) is 13.8 Å². The maximum absolute atomic E-state index is 3.17. The van der Waals surface area contributed by atoms with Crippen LogP contribution in [0.15, 0.2) is 0 Å². The third kappa shape index (κ3) is 1.12. The molecule has 0 saturated carbocycles. The van der Waals surface area contributed by atoms with Crippen molar-refractivity contribution >= 4 is 0 Å². The maximum Gasteiger partial charge on any atom is 0.0770 e. The Morgan fingerprint density at radius 3 is 2.29 bits per heavy atom. The highest BCUT2D eigenvalue weighted by molar-refractivity contribution is 4.75. The summed E-state index contributed by atoms with van der Waals surface area (Å²) in [5.41, 5.74) is 6.07. The Labute approximate surface area is 43.4 Å². The second kappa shape index (κ2) is 1.43. The largest absolute Gasteiger partial charge is 0.285 e. The first kappa shape index (κ1) is 5.03. The van der Waals surface area contributed by atoms with E-state index in [1.807, 2.05) is 0 Å². The number of hydrazine groups is 1. The highest BCUT2D eigenvalue weighted by atomic mass is 15.5. The van der Waals surface area contributed by atoms with Crippen molar-refractivity contribution in [1.82, 2.24) is 16.2 Å². The van der Waals surface area contributed by atoms with Gasteiger partial charge in [-0.15, -0.1) is 0 Å². The van der Waals surface area contributed by atoms with Crippen LogP contribution in [-0.2, 0) is 0 Å². The normalized spacial score (nSPS) is 28.3. The Kier molecular flexibility index (Phi) is 1.03. The molecule has 3 N–H and O–H groups in total. The van der Waals surface area contributed by atoms with E-state index in [1.54, 1.807) is 0 Å². The first-order valence-electron chi connectivity index (χ1n) is 2.46. The quantitative estimate of drug-likeness (QED) is 0.380. The molecule has 42 valence electrons. The Bertz CT molecular complexity index is 61.3. The molecule has 0 aromatic carbocycles. The van der Waals surface area contributed by atoms with Crippen LogP contribution in [0.25, 0.3) is 0 Å². The summed E-state index contributed by atoms with van der Waals surface area (Å²) in [7, 11) is 0. The van der Waals surface area contributed by atoms with Gasteiger partial charge in [-0.25, -0.2) is 10.9 Å². The van der Waals surface area contributed by atoms with Crippen molar-refractivity contribution < 1.29 is 0 Å². The molecule has 0 unspecified atom stereocenters. The van der Waals surface area contributed by atoms with Crippen LogP contribution in [0.1, 0.15) is 13.8 Å². The molecule has 0 aromatic heterocycles. The second-order valence-corrected chi connectivity index (χ2v) is 2.28. The van der Waals surface area contributed by atoms with E-state index in [0.29, 0.717) is 0 Å². The number of rotatable bonds is 0. The molecule has 3 nitrogen and oxygen atoms in total. The lowest BCUT2D eigenvalue weighted by Crippen LogP contribution is -2.44. The minimum atomic E-state index is 0.0833. The smallest absolute Gasteiger partial charge is 0.0770 e. The molecule has 3 heteroatoms. The van der Waals surface area contributed by atoms with Crippen LogP contribution in [0.2, 0.25) is 0 Å². The third-order valence-electron chi connectivity index (χ3n) is 1.02. The standard InChI is InChI=1S/C4H11N3/c1-4(2)5-3-6-7-4/h5-7H,3H2,1-2H3. The van der Waals surface area contributed by atoms with Crippen molar-refractivity contribution in [1.29, 1.82) is 0 Å². The first-order chi connectivity index (χ1) is 3.21. The average molecular weight is 101 g/mol. The first-order valence-corrected chi connectivity index (χ1v) is 2.46. The van der Waals surface area contributed by atoms with Crippen molar-refractivity contribution in [2.24, 2.45) is 0 Å². The maximum atomic E-state index is 3.17. The fourth-order valence-electron chi connectivity index (χ4n) is 0.575. The van der Waals surface area contributed by atoms with Crippen LogP contribution in [-0.4, -0.2) is 12.3 Å². The minimum Gasteiger partial charge on any atom is -0.285 e. The molecule has 1 saturated heterocycles. The van der Waals surface area contributed by atoms with Crippen LogP contribution >= 0.6 is 0 Å². The van der Waals surface area contributed by atoms with E-state index in [0.717, 1.165) is 6.67 Å². The molecule has 0 amide bonds. The van der Waals surface area contributed by atoms with Crippen LogP contribution in [0.3, 0.4) is 0 Å². The number of nitrogens with one attached hydrogen (secondary N) is 3. The van der Waals surface area contributed by atoms with Gasteiger partial charge in [0.05, 0.1) is 12.3 Å². The molecule has 0 aromatic rings. The predicted octanol–water partition coefficient (Wildman–Crippen LogP) is -0.623. The summed E-state index contributed by atoms with van der Waals surface area (Å²) in [6.45, 7) is 5.01. The molecule has 1 aliphatic heterocycles. The van der Waals surface area contributed by atoms with E-state index in [4.69, 9.17) is 0 Å². The Balaban J connectivity index is 2.40. The molecule has 0 atom stereocenters. The lowest BCUT2D eigenvalue weighted by molar-refractivity contribution is 0.393. The van der Waals surface area contributed by atoms with Crippen molar-refractivity contribution in [2.45, 2.75) is 19.5 Å². The van der Waals surface area contributed by atoms with Crippen molar-refractivity contribution in [2.75, 3.05) is 6.67 Å². The summed E-state index contributed by atoms with van der Waals surface area (Å²) >= 11 is 0. The molecule has 1 heterocycles. The van der Waals surface area contributed by atoms with Gasteiger partial charge in [-0.2, -0.15) is 0 Å². The van der Waals surface area contributed by atoms with Gasteiger partial charge < -0.3 is 0 Å². The molecule has 0 spiro atoms. The molecule has 7 heavy (non-hydrogen) atoms. The second-order valence-electron chi connectivity index (χ2n) is 2.28. The van der Waals surface area contributed by atoms with Gasteiger partial charge >= 0.3 is 0 Å². The summed E-state index contributed by atoms with van der Waals surface area (Å²) < 4.78 is 0. The van der Waals surface area contributed by atoms with Crippen molar-refractivity contribution in [3.63, 3.8) is 0 Å². The Morgan fingerprint density at radius 2 is 2.14 bits per heavy atom. The van der Waals surface area contributed by atoms with Gasteiger partial charge in [0.1, 0.15) is 0 Å². The molecule has 0 bridgehead atoms. The highest BCUT2D eigenvalue weighted by Gasteiger charge is 2.19. The summed E-state index contributed by atoms with van der Waals surface area (Å²) in [5, 5.41) is 3.17. The fraction of sp³-hybridized carbons (Fsp3) is 1.00. The summed E-state index contributed by atoms with van der Waals surface area (Å²) in [5.74, 6) is 0. The van der Waals surface area contributed by atoms with Crippen molar-refractivity contribution in [3.05, 3.63) is 0 Å². The minimum absolute atomic E-state index is 0.0833. The van der Waals surface area contributed by atoms with Crippen LogP contribution in [0, 0.1) is 0 Å². The van der Waals surface area contributed by atoms with E-state index in [9.17, 15) is 0 Å². The van der Waals surface area contributed by atoms with Gasteiger partial charge in [0.15, 0.2) is 0 Å². The van der Waals surface area contributed by atoms with E-state index in [2.05, 4.69) is 30.0 Å². The highest BCUT2D eigenvalue weighted by Crippen LogP contribution is 1.95. The predicted molar refractivity (Wildman–Crippen MR) is 28.4 cm³/mol. The summed E-state index contributed by atoms with van der Waals surface area (Å²) in [6, 6.07) is 0. The number of hydrogen-bond donors (Lipinski definition) is 3. The molecular formula is C4H11N3. The zero-order valence-electron chi connectivity index (χ0n) is 4.71. The molecular weight excluding hydrogens is 90.1 g/mol. The van der Waals surface area contributed by atoms with Crippen molar-refractivity contribution in [3.8, 4) is 0 Å². The SMILES string of the molecule is CC1(C)NCNN1. The Morgan fingerprint density at radius 1 is 1.43 bits per heavy atom. The van der Waals surface area contributed by atoms with E-state index < -0.39 is 0 Å². The third-order valence-corrected chi connectivity index (χ3v) is 1.02. The molecule has 0 radical (unpaired) electrons. The topological polar surface area (TPSA) is 36.1 Å². The molecule has 0 aliphatic carbocycles. The zero-order valence-corrected chi connectivity index (χ0v) is 4.71. The van der Waals surface area contributed by atoms with Gasteiger partial charge in [-0.1, -0.05) is 0 Å². The van der Waals surface area contributed by atoms with Crippen LogP contribution < -0.4 is 16.2 Å². The van der Waals surface area contributed by atoms with E-state index in [1.165, 1.54) is 0 Å². The van der Waals surface area contributed by atoms with Gasteiger partial charge in [0.2, 0.25) is 0 Å². The monoisotopic (exact) mass is 101 g/mol. The average Bonchev–Trinajstić information content (AvgIpc) is 1.84. The van der Waals surface area contributed by atoms with E-state index in [-0.39, 0.29) is 5.66 Å². The van der Waals surface area contributed by atoms with E-state index >= 15 is 0 Å². The lowest BCUT2D eigenvalue weighted by atomic mass is 10.3. The molecule has 1 rings (SSSR count). The van der Waals surface area contributed by atoms with Crippen LogP contribution in [0.5, 0.6) is 0 Å². The zero-order chi connectivity index (χ0) is 5.33. The lowest BCUT2D eigenvalue weighted by Gasteiger charge is -2.15. The van der Waals surface area contributed by atoms with Crippen LogP contribution in [0.4, 0.5) is 0 Å². The number of hydrogen-bond acceptors (Lipinski definition) is 3. The van der Waals surface area contributed by atoms with Gasteiger partial charge in [0, 0.05) is 0 Å². The Hall–Kier alpha value is -0.120. The van der Waals surface area contributed by atoms with Gasteiger partial charge in [-0.3, -0.25) is 5.32 Å². The summed E-state index contributed by atoms with van der Waals surface area (Å²) in [4.78, 5) is 0.